The van der Waals surface area contributed by atoms with E-state index in [0.717, 1.165) is 32.2 Å². The lowest BCUT2D eigenvalue weighted by Gasteiger charge is -2.18. The Balaban J connectivity index is 1.32. The molecule has 2 aromatic rings. The summed E-state index contributed by atoms with van der Waals surface area (Å²) in [5, 5.41) is 0. The Morgan fingerprint density at radius 2 is 1.96 bits per heavy atom. The maximum atomic E-state index is 13.1. The number of benzene rings is 1. The lowest BCUT2D eigenvalue weighted by atomic mass is 10.1. The molecule has 0 amide bonds. The number of imidazole rings is 1. The number of aryl methyl sites for hydroxylation is 3. The number of hydrogen-bond donors (Lipinski definition) is 0. The molecule has 2 heterocycles. The minimum Gasteiger partial charge on any atom is -0.332 e. The standard InChI is InChI=1S/C21H27N3O2S/c1-15-12-22-21(18-5-6-18)24(15)14-16-9-10-23(13-16)27(25,26)20-8-7-17-3-2-4-19(17)11-20/h7-8,11-12,16,18H,2-6,9-10,13-14H2,1H3. The highest BCUT2D eigenvalue weighted by molar-refractivity contribution is 7.89. The predicted octanol–water partition coefficient (Wildman–Crippen LogP) is 3.27. The second-order valence-electron chi connectivity index (χ2n) is 8.44. The van der Waals surface area contributed by atoms with Crippen LogP contribution in [0, 0.1) is 12.8 Å². The molecule has 0 bridgehead atoms. The zero-order chi connectivity index (χ0) is 18.6. The largest absolute Gasteiger partial charge is 0.332 e. The van der Waals surface area contributed by atoms with Crippen LogP contribution < -0.4 is 0 Å². The quantitative estimate of drug-likeness (QED) is 0.794. The highest BCUT2D eigenvalue weighted by atomic mass is 32.2. The number of sulfonamides is 1. The monoisotopic (exact) mass is 385 g/mol. The zero-order valence-electron chi connectivity index (χ0n) is 15.9. The number of fused-ring (bicyclic) bond motifs is 1. The third kappa shape index (κ3) is 3.13. The smallest absolute Gasteiger partial charge is 0.243 e. The van der Waals surface area contributed by atoms with Gasteiger partial charge in [-0.3, -0.25) is 0 Å². The molecule has 0 radical (unpaired) electrons. The first kappa shape index (κ1) is 17.4. The Bertz CT molecular complexity index is 975. The minimum absolute atomic E-state index is 0.361. The van der Waals surface area contributed by atoms with Gasteiger partial charge in [0.05, 0.1) is 4.90 Å². The van der Waals surface area contributed by atoms with Crippen LogP contribution in [-0.2, 0) is 29.4 Å². The Morgan fingerprint density at radius 3 is 2.78 bits per heavy atom. The number of nitrogens with zero attached hydrogens (tertiary/aromatic N) is 3. The molecule has 1 saturated carbocycles. The molecule has 1 saturated heterocycles. The van der Waals surface area contributed by atoms with Crippen LogP contribution in [-0.4, -0.2) is 35.4 Å². The molecule has 2 fully saturated rings. The van der Waals surface area contributed by atoms with Crippen molar-refractivity contribution in [3.05, 3.63) is 47.0 Å². The zero-order valence-corrected chi connectivity index (χ0v) is 16.7. The predicted molar refractivity (Wildman–Crippen MR) is 104 cm³/mol. The topological polar surface area (TPSA) is 55.2 Å². The van der Waals surface area contributed by atoms with Crippen molar-refractivity contribution >= 4 is 10.0 Å². The summed E-state index contributed by atoms with van der Waals surface area (Å²) in [5.41, 5.74) is 3.73. The maximum Gasteiger partial charge on any atom is 0.243 e. The molecule has 144 valence electrons. The van der Waals surface area contributed by atoms with E-state index < -0.39 is 10.0 Å². The van der Waals surface area contributed by atoms with Gasteiger partial charge in [-0.1, -0.05) is 6.07 Å². The molecule has 5 rings (SSSR count). The summed E-state index contributed by atoms with van der Waals surface area (Å²) in [6.07, 6.45) is 8.58. The lowest BCUT2D eigenvalue weighted by Crippen LogP contribution is -2.29. The van der Waals surface area contributed by atoms with Gasteiger partial charge in [0.2, 0.25) is 10.0 Å². The van der Waals surface area contributed by atoms with Gasteiger partial charge in [0, 0.05) is 37.4 Å². The average molecular weight is 386 g/mol. The first-order valence-electron chi connectivity index (χ1n) is 10.2. The van der Waals surface area contributed by atoms with Crippen LogP contribution in [0.15, 0.2) is 29.3 Å². The number of rotatable bonds is 5. The van der Waals surface area contributed by atoms with Gasteiger partial charge in [-0.25, -0.2) is 13.4 Å². The fourth-order valence-electron chi connectivity index (χ4n) is 4.66. The van der Waals surface area contributed by atoms with E-state index in [1.54, 1.807) is 10.4 Å². The van der Waals surface area contributed by atoms with Gasteiger partial charge >= 0.3 is 0 Å². The van der Waals surface area contributed by atoms with Crippen molar-refractivity contribution in [3.8, 4) is 0 Å². The summed E-state index contributed by atoms with van der Waals surface area (Å²) in [5.74, 6) is 2.18. The van der Waals surface area contributed by atoms with Crippen LogP contribution in [0.4, 0.5) is 0 Å². The lowest BCUT2D eigenvalue weighted by molar-refractivity contribution is 0.421. The van der Waals surface area contributed by atoms with E-state index in [-0.39, 0.29) is 0 Å². The van der Waals surface area contributed by atoms with Crippen molar-refractivity contribution in [2.45, 2.75) is 62.8 Å². The van der Waals surface area contributed by atoms with Crippen LogP contribution in [0.1, 0.15) is 54.2 Å². The van der Waals surface area contributed by atoms with Crippen LogP contribution in [0.5, 0.6) is 0 Å². The minimum atomic E-state index is -3.39. The summed E-state index contributed by atoms with van der Waals surface area (Å²) in [4.78, 5) is 5.07. The highest BCUT2D eigenvalue weighted by Crippen LogP contribution is 2.40. The first-order chi connectivity index (χ1) is 13.0. The molecule has 1 atom stereocenters. The van der Waals surface area contributed by atoms with Gasteiger partial charge < -0.3 is 4.57 Å². The second-order valence-corrected chi connectivity index (χ2v) is 10.4. The molecule has 1 unspecified atom stereocenters. The molecule has 5 nitrogen and oxygen atoms in total. The summed E-state index contributed by atoms with van der Waals surface area (Å²) in [6, 6.07) is 5.73. The van der Waals surface area contributed by atoms with Crippen molar-refractivity contribution in [2.24, 2.45) is 5.92 Å². The van der Waals surface area contributed by atoms with Gasteiger partial charge in [0.15, 0.2) is 0 Å². The van der Waals surface area contributed by atoms with E-state index in [4.69, 9.17) is 0 Å². The van der Waals surface area contributed by atoms with E-state index in [9.17, 15) is 8.42 Å². The van der Waals surface area contributed by atoms with Crippen molar-refractivity contribution in [3.63, 3.8) is 0 Å². The summed E-state index contributed by atoms with van der Waals surface area (Å²) in [6.45, 7) is 4.22. The molecule has 1 aliphatic heterocycles. The molecule has 27 heavy (non-hydrogen) atoms. The van der Waals surface area contributed by atoms with Crippen LogP contribution >= 0.6 is 0 Å². The molecule has 3 aliphatic rings. The van der Waals surface area contributed by atoms with E-state index in [2.05, 4.69) is 16.5 Å². The third-order valence-corrected chi connectivity index (χ3v) is 8.29. The van der Waals surface area contributed by atoms with Crippen molar-refractivity contribution in [1.29, 1.82) is 0 Å². The van der Waals surface area contributed by atoms with Crippen LogP contribution in [0.2, 0.25) is 0 Å². The van der Waals surface area contributed by atoms with E-state index in [0.29, 0.717) is 29.8 Å². The fourth-order valence-corrected chi connectivity index (χ4v) is 6.25. The molecule has 1 aromatic carbocycles. The van der Waals surface area contributed by atoms with E-state index >= 15 is 0 Å². The number of aromatic nitrogens is 2. The van der Waals surface area contributed by atoms with Gasteiger partial charge in [0.1, 0.15) is 5.82 Å². The SMILES string of the molecule is Cc1cnc(C2CC2)n1CC1CCN(S(=O)(=O)c2ccc3c(c2)CCC3)C1. The normalized spacial score (nSPS) is 23.1. The molecule has 6 heteroatoms. The van der Waals surface area contributed by atoms with Gasteiger partial charge in [-0.05, 0) is 74.6 Å². The number of hydrogen-bond acceptors (Lipinski definition) is 3. The summed E-state index contributed by atoms with van der Waals surface area (Å²) < 4.78 is 30.3. The summed E-state index contributed by atoms with van der Waals surface area (Å²) in [7, 11) is -3.39. The van der Waals surface area contributed by atoms with E-state index in [1.807, 2.05) is 18.3 Å². The first-order valence-corrected chi connectivity index (χ1v) is 11.6. The van der Waals surface area contributed by atoms with Crippen molar-refractivity contribution in [2.75, 3.05) is 13.1 Å². The van der Waals surface area contributed by atoms with E-state index in [1.165, 1.54) is 35.5 Å². The Morgan fingerprint density at radius 1 is 1.15 bits per heavy atom. The Labute approximate surface area is 161 Å². The maximum absolute atomic E-state index is 13.1. The molecular weight excluding hydrogens is 358 g/mol. The molecule has 0 spiro atoms. The second kappa shape index (κ2) is 6.45. The summed E-state index contributed by atoms with van der Waals surface area (Å²) >= 11 is 0. The van der Waals surface area contributed by atoms with Crippen LogP contribution in [0.25, 0.3) is 0 Å². The Hall–Kier alpha value is -1.66. The van der Waals surface area contributed by atoms with Gasteiger partial charge in [0.25, 0.3) is 0 Å². The van der Waals surface area contributed by atoms with Crippen molar-refractivity contribution in [1.82, 2.24) is 13.9 Å². The van der Waals surface area contributed by atoms with Crippen molar-refractivity contribution < 1.29 is 8.42 Å². The van der Waals surface area contributed by atoms with Gasteiger partial charge in [-0.2, -0.15) is 4.31 Å². The molecule has 1 aromatic heterocycles. The Kier molecular flexibility index (Phi) is 4.17. The van der Waals surface area contributed by atoms with Gasteiger partial charge in [-0.15, -0.1) is 0 Å². The third-order valence-electron chi connectivity index (χ3n) is 6.43. The molecular formula is C21H27N3O2S. The fraction of sp³-hybridized carbons (Fsp3) is 0.571. The van der Waals surface area contributed by atoms with Crippen LogP contribution in [0.3, 0.4) is 0 Å². The highest BCUT2D eigenvalue weighted by Gasteiger charge is 2.35. The molecule has 0 N–H and O–H groups in total. The molecule has 2 aliphatic carbocycles. The average Bonchev–Trinajstić information content (AvgIpc) is 3.06.